The molecule has 12 heteroatoms. The molecule has 2 aliphatic rings. The van der Waals surface area contributed by atoms with Gasteiger partial charge in [0.05, 0.1) is 12.7 Å². The maximum atomic E-state index is 12.4. The zero-order valence-corrected chi connectivity index (χ0v) is 26.7. The second-order valence-corrected chi connectivity index (χ2v) is 14.2. The lowest BCUT2D eigenvalue weighted by atomic mass is 9.93. The third-order valence-electron chi connectivity index (χ3n) is 7.46. The molecule has 4 rings (SSSR count). The second kappa shape index (κ2) is 13.5. The Morgan fingerprint density at radius 2 is 1.62 bits per heavy atom. The minimum absolute atomic E-state index is 0.163. The van der Waals surface area contributed by atoms with E-state index in [9.17, 15) is 13.0 Å². The number of nitrogens with zero attached hydrogens (tertiary/aromatic N) is 2. The molecule has 0 bridgehead atoms. The Morgan fingerprint density at radius 3 is 2.26 bits per heavy atom. The summed E-state index contributed by atoms with van der Waals surface area (Å²) in [5.74, 6) is 0.563. The van der Waals surface area contributed by atoms with Crippen LogP contribution >= 0.6 is 0 Å². The first-order valence-corrected chi connectivity index (χ1v) is 17.1. The zero-order valence-electron chi connectivity index (χ0n) is 24.9. The normalized spacial score (nSPS) is 13.1. The minimum atomic E-state index is -4.49. The Bertz CT molecular complexity index is 1670. The van der Waals surface area contributed by atoms with E-state index in [4.69, 9.17) is 22.4 Å². The predicted molar refractivity (Wildman–Crippen MR) is 165 cm³/mol. The molecule has 1 aliphatic heterocycles. The summed E-state index contributed by atoms with van der Waals surface area (Å²) in [6.07, 6.45) is 0. The van der Waals surface area contributed by atoms with Crippen molar-refractivity contribution in [1.82, 2.24) is 4.58 Å². The molecule has 0 amide bonds. The van der Waals surface area contributed by atoms with Crippen LogP contribution in [0.4, 0.5) is 5.69 Å². The van der Waals surface area contributed by atoms with E-state index in [1.165, 1.54) is 6.07 Å². The maximum absolute atomic E-state index is 12.4. The van der Waals surface area contributed by atoms with E-state index < -0.39 is 18.9 Å². The first kappa shape index (κ1) is 31.8. The summed E-state index contributed by atoms with van der Waals surface area (Å²) in [6.45, 7) is 6.51. The number of anilines is 1. The van der Waals surface area contributed by atoms with E-state index in [1.807, 2.05) is 48.0 Å². The molecule has 226 valence electrons. The average Bonchev–Trinajstić information content (AvgIpc) is 3.00. The highest BCUT2D eigenvalue weighted by Gasteiger charge is 2.37. The molecule has 1 heterocycles. The summed E-state index contributed by atoms with van der Waals surface area (Å²) in [4.78, 5) is 2.05. The summed E-state index contributed by atoms with van der Waals surface area (Å²) >= 11 is 0. The van der Waals surface area contributed by atoms with Crippen LogP contribution in [0.3, 0.4) is 0 Å². The topological polar surface area (TPSA) is 111 Å². The van der Waals surface area contributed by atoms with Crippen molar-refractivity contribution < 1.29 is 35.4 Å². The molecule has 0 saturated heterocycles. The van der Waals surface area contributed by atoms with Crippen LogP contribution in [0.5, 0.6) is 0 Å². The summed E-state index contributed by atoms with van der Waals surface area (Å²) in [7, 11) is -0.598. The van der Waals surface area contributed by atoms with E-state index >= 15 is 0 Å². The van der Waals surface area contributed by atoms with Gasteiger partial charge in [0.25, 0.3) is 10.1 Å². The fourth-order valence-corrected chi connectivity index (χ4v) is 7.31. The molecule has 2 aromatic carbocycles. The van der Waals surface area contributed by atoms with E-state index in [0.717, 1.165) is 29.5 Å². The van der Waals surface area contributed by atoms with Crippen molar-refractivity contribution in [1.29, 1.82) is 0 Å². The molecule has 0 atom stereocenters. The largest absolute Gasteiger partial charge is 0.502 e. The van der Waals surface area contributed by atoms with Gasteiger partial charge >= 0.3 is 8.80 Å². The molecule has 0 unspecified atom stereocenters. The van der Waals surface area contributed by atoms with Gasteiger partial charge in [0.15, 0.2) is 0 Å². The summed E-state index contributed by atoms with van der Waals surface area (Å²) in [6, 6.07) is 18.6. The van der Waals surface area contributed by atoms with Crippen LogP contribution in [0.15, 0.2) is 70.0 Å². The van der Waals surface area contributed by atoms with Gasteiger partial charge < -0.3 is 27.3 Å². The van der Waals surface area contributed by atoms with Crippen LogP contribution < -0.4 is 14.8 Å². The number of benzene rings is 3. The molecular weight excluding hydrogens is 576 g/mol. The van der Waals surface area contributed by atoms with Gasteiger partial charge in [-0.2, -0.15) is 8.42 Å². The zero-order chi connectivity index (χ0) is 30.5. The van der Waals surface area contributed by atoms with Crippen molar-refractivity contribution in [3.63, 3.8) is 0 Å². The van der Waals surface area contributed by atoms with Gasteiger partial charge in [-0.1, -0.05) is 18.2 Å². The van der Waals surface area contributed by atoms with Crippen molar-refractivity contribution in [2.24, 2.45) is 0 Å². The molecule has 10 nitrogen and oxygen atoms in total. The van der Waals surface area contributed by atoms with Gasteiger partial charge in [0.2, 0.25) is 12.1 Å². The van der Waals surface area contributed by atoms with Gasteiger partial charge in [-0.05, 0) is 38.1 Å². The molecule has 0 saturated carbocycles. The number of fused-ring (bicyclic) bond motifs is 2. The lowest BCUT2D eigenvalue weighted by Crippen LogP contribution is -2.44. The molecule has 0 radical (unpaired) electrons. The van der Waals surface area contributed by atoms with Crippen LogP contribution in [0.25, 0.3) is 33.4 Å². The summed E-state index contributed by atoms with van der Waals surface area (Å²) in [5.41, 5.74) is 3.37. The standard InChI is InChI=1S/C30H38N2O8SSi/c1-7-32(8-2)23-14-16-25-28(20-23)40-27-19-22(31(3)21-39-17-18-42(36-4,37-5)38-6)13-15-24(27)30(25)26-11-9-10-12-29(26)41(33,34)35/h9-16,19-20H,7-8,17-18,21H2,1-6H3/p+1. The Morgan fingerprint density at radius 1 is 0.929 bits per heavy atom. The fraction of sp³-hybridized carbons (Fsp3) is 0.367. The second-order valence-electron chi connectivity index (χ2n) is 9.76. The average molecular weight is 616 g/mol. The molecule has 1 N–H and O–H groups in total. The fourth-order valence-electron chi connectivity index (χ4n) is 5.11. The molecule has 42 heavy (non-hydrogen) atoms. The van der Waals surface area contributed by atoms with Crippen LogP contribution in [-0.4, -0.2) is 76.6 Å². The monoisotopic (exact) mass is 615 g/mol. The molecule has 0 spiro atoms. The van der Waals surface area contributed by atoms with Crippen LogP contribution in [0.2, 0.25) is 6.04 Å². The Balaban J connectivity index is 1.85. The molecule has 2 aromatic rings. The van der Waals surface area contributed by atoms with Crippen LogP contribution in [0.1, 0.15) is 13.8 Å². The molecule has 0 fully saturated rings. The van der Waals surface area contributed by atoms with Crippen molar-refractivity contribution in [2.45, 2.75) is 24.8 Å². The third kappa shape index (κ3) is 6.60. The van der Waals surface area contributed by atoms with Crippen LogP contribution in [0, 0.1) is 0 Å². The Labute approximate surface area is 248 Å². The number of ether oxygens (including phenoxy) is 1. The van der Waals surface area contributed by atoms with Crippen LogP contribution in [-0.2, 0) is 28.1 Å². The minimum Gasteiger partial charge on any atom is -0.456 e. The lowest BCUT2D eigenvalue weighted by molar-refractivity contribution is 0.0843. The molecular formula is C30H39N2O8SSi+. The SMILES string of the molecule is CCN(CC)c1ccc2c(-c3ccccc3S(=O)(=O)O)c3cc/c(=[N+](/C)COCC[Si](OC)(OC)OC)cc-3oc2c1. The van der Waals surface area contributed by atoms with Crippen molar-refractivity contribution in [3.8, 4) is 22.5 Å². The summed E-state index contributed by atoms with van der Waals surface area (Å²) < 4.78 is 65.5. The van der Waals surface area contributed by atoms with Crippen molar-refractivity contribution in [2.75, 3.05) is 59.7 Å². The maximum Gasteiger partial charge on any atom is 0.502 e. The highest BCUT2D eigenvalue weighted by Crippen LogP contribution is 2.42. The molecule has 1 aliphatic carbocycles. The highest BCUT2D eigenvalue weighted by molar-refractivity contribution is 7.86. The Hall–Kier alpha value is -3.10. The quantitative estimate of drug-likeness (QED) is 0.0578. The van der Waals surface area contributed by atoms with Gasteiger partial charge in [0, 0.05) is 80.4 Å². The third-order valence-corrected chi connectivity index (χ3v) is 11.1. The first-order valence-electron chi connectivity index (χ1n) is 13.7. The van der Waals surface area contributed by atoms with Crippen molar-refractivity contribution in [3.05, 3.63) is 66.0 Å². The Kier molecular flexibility index (Phi) is 10.2. The first-order chi connectivity index (χ1) is 20.1. The number of hydrogen-bond acceptors (Lipinski definition) is 8. The smallest absolute Gasteiger partial charge is 0.456 e. The number of hydrogen-bond donors (Lipinski definition) is 1. The van der Waals surface area contributed by atoms with Gasteiger partial charge in [-0.3, -0.25) is 4.55 Å². The summed E-state index contributed by atoms with van der Waals surface area (Å²) in [5, 5.41) is 1.58. The van der Waals surface area contributed by atoms with E-state index in [0.29, 0.717) is 47.4 Å². The lowest BCUT2D eigenvalue weighted by Gasteiger charge is -2.23. The van der Waals surface area contributed by atoms with E-state index in [1.54, 1.807) is 39.5 Å². The molecule has 0 aromatic heterocycles. The van der Waals surface area contributed by atoms with Crippen molar-refractivity contribution >= 4 is 35.6 Å². The van der Waals surface area contributed by atoms with Gasteiger partial charge in [-0.15, -0.1) is 0 Å². The van der Waals surface area contributed by atoms with Gasteiger partial charge in [-0.25, -0.2) is 4.58 Å². The highest BCUT2D eigenvalue weighted by atomic mass is 32.2. The predicted octanol–water partition coefficient (Wildman–Crippen LogP) is 4.55. The van der Waals surface area contributed by atoms with Gasteiger partial charge in [0.1, 0.15) is 23.3 Å². The van der Waals surface area contributed by atoms with E-state index in [-0.39, 0.29) is 4.90 Å². The van der Waals surface area contributed by atoms with E-state index in [2.05, 4.69) is 18.7 Å². The number of rotatable bonds is 13.